The molecular formula is C35H38FN5O5. The van der Waals surface area contributed by atoms with Gasteiger partial charge >= 0.3 is 0 Å². The topological polar surface area (TPSA) is 92.4 Å². The van der Waals surface area contributed by atoms with Gasteiger partial charge in [0.1, 0.15) is 29.1 Å². The fourth-order valence-corrected chi connectivity index (χ4v) is 7.36. The average molecular weight is 628 g/mol. The number of ether oxygens (including phenoxy) is 4. The molecule has 1 spiro atoms. The van der Waals surface area contributed by atoms with Crippen LogP contribution in [0.2, 0.25) is 0 Å². The number of hydrogen-bond donors (Lipinski definition) is 1. The minimum atomic E-state index is -0.391. The third-order valence-corrected chi connectivity index (χ3v) is 10.0. The van der Waals surface area contributed by atoms with E-state index in [4.69, 9.17) is 18.9 Å². The van der Waals surface area contributed by atoms with Crippen molar-refractivity contribution in [1.82, 2.24) is 19.8 Å². The molecular weight excluding hydrogens is 589 g/mol. The molecule has 1 aliphatic carbocycles. The number of aldehydes is 1. The molecule has 4 fully saturated rings. The molecule has 8 rings (SSSR count). The number of carbonyl (C=O) groups is 1. The van der Waals surface area contributed by atoms with Gasteiger partial charge in [0.15, 0.2) is 17.8 Å². The summed E-state index contributed by atoms with van der Waals surface area (Å²) >= 11 is 0. The number of fused-ring (bicyclic) bond motifs is 1. The van der Waals surface area contributed by atoms with Crippen molar-refractivity contribution in [3.63, 3.8) is 0 Å². The number of nitrogens with zero attached hydrogens (tertiary/aromatic N) is 4. The number of aromatic amines is 1. The van der Waals surface area contributed by atoms with Crippen LogP contribution in [0.4, 0.5) is 10.1 Å². The highest BCUT2D eigenvalue weighted by atomic mass is 19.1. The number of hydrogen-bond acceptors (Lipinski definition) is 9. The number of benzene rings is 2. The van der Waals surface area contributed by atoms with Crippen LogP contribution in [0.15, 0.2) is 54.9 Å². The molecule has 0 unspecified atom stereocenters. The van der Waals surface area contributed by atoms with Gasteiger partial charge < -0.3 is 28.8 Å². The number of rotatable bonds is 10. The predicted octanol–water partition coefficient (Wildman–Crippen LogP) is 4.88. The molecule has 2 aromatic heterocycles. The van der Waals surface area contributed by atoms with Crippen LogP contribution in [-0.4, -0.2) is 97.8 Å². The zero-order valence-electron chi connectivity index (χ0n) is 25.9. The summed E-state index contributed by atoms with van der Waals surface area (Å²) in [5.74, 6) is 2.00. The lowest BCUT2D eigenvalue weighted by molar-refractivity contribution is -0.0803. The van der Waals surface area contributed by atoms with Gasteiger partial charge in [-0.05, 0) is 48.7 Å². The van der Waals surface area contributed by atoms with Gasteiger partial charge in [0, 0.05) is 75.2 Å². The quantitative estimate of drug-likeness (QED) is 0.247. The molecule has 11 heteroatoms. The average Bonchev–Trinajstić information content (AvgIpc) is 3.38. The number of nitrogens with one attached hydrogen (secondary N) is 1. The highest BCUT2D eigenvalue weighted by molar-refractivity contribution is 5.82. The minimum Gasteiger partial charge on any atom is -0.493 e. The Labute approximate surface area is 267 Å². The Kier molecular flexibility index (Phi) is 7.54. The number of anilines is 1. The second kappa shape index (κ2) is 11.9. The van der Waals surface area contributed by atoms with Gasteiger partial charge in [-0.3, -0.25) is 14.6 Å². The van der Waals surface area contributed by atoms with Crippen molar-refractivity contribution < 1.29 is 28.1 Å². The predicted molar refractivity (Wildman–Crippen MR) is 171 cm³/mol. The Bertz CT molecular complexity index is 1740. The first kappa shape index (κ1) is 29.2. The van der Waals surface area contributed by atoms with Crippen LogP contribution in [0.1, 0.15) is 28.8 Å². The van der Waals surface area contributed by atoms with Crippen LogP contribution in [0.3, 0.4) is 0 Å². The van der Waals surface area contributed by atoms with Gasteiger partial charge in [-0.15, -0.1) is 0 Å². The Morgan fingerprint density at radius 2 is 1.87 bits per heavy atom. The second-order valence-electron chi connectivity index (χ2n) is 13.1. The number of piperazine rings is 1. The highest BCUT2D eigenvalue weighted by Gasteiger charge is 2.54. The molecule has 0 atom stereocenters. The van der Waals surface area contributed by atoms with E-state index in [1.54, 1.807) is 19.2 Å². The summed E-state index contributed by atoms with van der Waals surface area (Å²) in [7, 11) is 1.69. The SMILES string of the molecule is COc1cc(CN2CCN(C3CC4(C3)CN(c3ccc(C=O)c(Oc5cnc6[nH]cc(F)c6c5)c3)C4)CC2)ccc1OC1COC1. The largest absolute Gasteiger partial charge is 0.493 e. The molecule has 3 saturated heterocycles. The molecule has 2 aromatic carbocycles. The summed E-state index contributed by atoms with van der Waals surface area (Å²) < 4.78 is 36.9. The fourth-order valence-electron chi connectivity index (χ4n) is 7.36. The maximum atomic E-state index is 14.1. The lowest BCUT2D eigenvalue weighted by Crippen LogP contribution is -2.68. The van der Waals surface area contributed by atoms with Gasteiger partial charge in [0.25, 0.3) is 0 Å². The molecule has 1 saturated carbocycles. The standard InChI is InChI=1S/C35H38FN5O5/c1-43-33-10-23(2-5-31(33)46-28-19-44-20-28)17-39-6-8-40(9-7-39)26-13-35(14-26)21-41(22-35)25-4-3-24(18-42)32(11-25)45-27-12-29-30(36)16-38-34(29)37-15-27/h2-5,10-12,15-16,18,26,28H,6-9,13-14,17,19-22H2,1H3,(H,37,38). The lowest BCUT2D eigenvalue weighted by atomic mass is 9.60. The molecule has 240 valence electrons. The monoisotopic (exact) mass is 627 g/mol. The number of pyridine rings is 1. The highest BCUT2D eigenvalue weighted by Crippen LogP contribution is 2.52. The van der Waals surface area contributed by atoms with Crippen LogP contribution in [-0.2, 0) is 11.3 Å². The van der Waals surface area contributed by atoms with E-state index in [1.807, 2.05) is 18.2 Å². The first-order chi connectivity index (χ1) is 22.5. The van der Waals surface area contributed by atoms with Crippen LogP contribution in [0.5, 0.6) is 23.0 Å². The summed E-state index contributed by atoms with van der Waals surface area (Å²) in [6, 6.07) is 14.2. The molecule has 46 heavy (non-hydrogen) atoms. The van der Waals surface area contributed by atoms with Gasteiger partial charge in [0.05, 0.1) is 37.5 Å². The van der Waals surface area contributed by atoms with Gasteiger partial charge in [-0.25, -0.2) is 9.37 Å². The van der Waals surface area contributed by atoms with Crippen molar-refractivity contribution in [3.8, 4) is 23.0 Å². The van der Waals surface area contributed by atoms with E-state index >= 15 is 0 Å². The number of halogens is 1. The number of aromatic nitrogens is 2. The smallest absolute Gasteiger partial charge is 0.161 e. The van der Waals surface area contributed by atoms with E-state index in [0.717, 1.165) is 69.3 Å². The number of H-pyrrole nitrogens is 1. The summed E-state index contributed by atoms with van der Waals surface area (Å²) in [6.07, 6.45) is 6.14. The normalized spacial score (nSPS) is 20.3. The van der Waals surface area contributed by atoms with Gasteiger partial charge in [-0.1, -0.05) is 6.07 Å². The Balaban J connectivity index is 0.824. The first-order valence-electron chi connectivity index (χ1n) is 16.0. The van der Waals surface area contributed by atoms with Crippen LogP contribution in [0, 0.1) is 11.2 Å². The second-order valence-corrected chi connectivity index (χ2v) is 13.1. The molecule has 4 aliphatic rings. The Hall–Kier alpha value is -4.19. The van der Waals surface area contributed by atoms with Crippen LogP contribution in [0.25, 0.3) is 11.0 Å². The van der Waals surface area contributed by atoms with E-state index in [9.17, 15) is 9.18 Å². The fraction of sp³-hybridized carbons (Fsp3) is 0.429. The number of carbonyl (C=O) groups excluding carboxylic acids is 1. The molecule has 3 aliphatic heterocycles. The summed E-state index contributed by atoms with van der Waals surface area (Å²) in [6.45, 7) is 8.47. The number of methoxy groups -OCH3 is 1. The maximum Gasteiger partial charge on any atom is 0.161 e. The molecule has 0 bridgehead atoms. The van der Waals surface area contributed by atoms with Crippen molar-refractivity contribution in [3.05, 3.63) is 71.8 Å². The summed E-state index contributed by atoms with van der Waals surface area (Å²) in [5, 5.41) is 0.351. The third kappa shape index (κ3) is 5.56. The van der Waals surface area contributed by atoms with E-state index in [1.165, 1.54) is 30.8 Å². The molecule has 10 nitrogen and oxygen atoms in total. The first-order valence-corrected chi connectivity index (χ1v) is 16.0. The van der Waals surface area contributed by atoms with Crippen molar-refractivity contribution >= 4 is 23.0 Å². The van der Waals surface area contributed by atoms with Gasteiger partial charge in [-0.2, -0.15) is 0 Å². The van der Waals surface area contributed by atoms with Crippen LogP contribution >= 0.6 is 0 Å². The molecule has 4 aromatic rings. The molecule has 0 radical (unpaired) electrons. The Morgan fingerprint density at radius 3 is 2.61 bits per heavy atom. The molecule has 0 amide bonds. The molecule has 5 heterocycles. The zero-order valence-corrected chi connectivity index (χ0v) is 25.9. The summed E-state index contributed by atoms with van der Waals surface area (Å²) in [5.41, 5.74) is 3.52. The van der Waals surface area contributed by atoms with E-state index in [2.05, 4.69) is 36.8 Å². The van der Waals surface area contributed by atoms with Crippen molar-refractivity contribution in [2.75, 3.05) is 64.5 Å². The maximum absolute atomic E-state index is 14.1. The van der Waals surface area contributed by atoms with Crippen molar-refractivity contribution in [2.24, 2.45) is 5.41 Å². The zero-order chi connectivity index (χ0) is 31.3. The van der Waals surface area contributed by atoms with Crippen LogP contribution < -0.4 is 19.1 Å². The Morgan fingerprint density at radius 1 is 1.04 bits per heavy atom. The van der Waals surface area contributed by atoms with Crippen molar-refractivity contribution in [2.45, 2.75) is 31.5 Å². The van der Waals surface area contributed by atoms with Crippen molar-refractivity contribution in [1.29, 1.82) is 0 Å². The molecule has 1 N–H and O–H groups in total. The van der Waals surface area contributed by atoms with Gasteiger partial charge in [0.2, 0.25) is 0 Å². The van der Waals surface area contributed by atoms with E-state index in [-0.39, 0.29) is 6.10 Å². The minimum absolute atomic E-state index is 0.118. The van der Waals surface area contributed by atoms with E-state index in [0.29, 0.717) is 52.8 Å². The third-order valence-electron chi connectivity index (χ3n) is 10.0. The van der Waals surface area contributed by atoms with E-state index < -0.39 is 5.82 Å². The lowest BCUT2D eigenvalue weighted by Gasteiger charge is -2.62. The summed E-state index contributed by atoms with van der Waals surface area (Å²) in [4.78, 5) is 26.3.